The molecule has 0 radical (unpaired) electrons. The molecule has 0 aromatic heterocycles. The van der Waals surface area contributed by atoms with E-state index in [-0.39, 0.29) is 12.1 Å². The van der Waals surface area contributed by atoms with Crippen molar-refractivity contribution >= 4 is 17.8 Å². The molecule has 0 aliphatic heterocycles. The van der Waals surface area contributed by atoms with Gasteiger partial charge in [-0.05, 0) is 24.3 Å². The Kier molecular flexibility index (Phi) is 5.19. The summed E-state index contributed by atoms with van der Waals surface area (Å²) in [6.45, 7) is 0.515. The van der Waals surface area contributed by atoms with Crippen molar-refractivity contribution in [2.45, 2.75) is 6.92 Å². The van der Waals surface area contributed by atoms with Gasteiger partial charge in [0.05, 0.1) is 5.92 Å². The van der Waals surface area contributed by atoms with Crippen molar-refractivity contribution in [1.29, 1.82) is 0 Å². The first-order chi connectivity index (χ1) is 9.31. The highest BCUT2D eigenvalue weighted by Crippen LogP contribution is 2.09. The lowest BCUT2D eigenvalue weighted by Gasteiger charge is -2.22. The number of carboxylic acid groups (broad SMARTS) is 2. The number of hydrogen-bond donors (Lipinski definition) is 2. The van der Waals surface area contributed by atoms with E-state index in [0.29, 0.717) is 0 Å². The zero-order chi connectivity index (χ0) is 15.3. The van der Waals surface area contributed by atoms with E-state index < -0.39 is 36.1 Å². The minimum Gasteiger partial charge on any atom is -0.481 e. The maximum atomic E-state index is 12.8. The summed E-state index contributed by atoms with van der Waals surface area (Å²) in [6, 6.07) is 4.59. The molecule has 1 amide bonds. The molecule has 7 heteroatoms. The molecule has 1 rings (SSSR count). The number of carbonyl (C=O) groups is 3. The summed E-state index contributed by atoms with van der Waals surface area (Å²) in [5.74, 6) is -4.46. The van der Waals surface area contributed by atoms with Gasteiger partial charge in [-0.25, -0.2) is 4.39 Å². The van der Waals surface area contributed by atoms with E-state index in [9.17, 15) is 18.8 Å². The third-order valence-corrected chi connectivity index (χ3v) is 2.62. The Hall–Kier alpha value is -2.44. The molecular weight excluding hydrogens is 269 g/mol. The maximum Gasteiger partial charge on any atom is 0.323 e. The lowest BCUT2D eigenvalue weighted by Crippen LogP contribution is -2.40. The van der Waals surface area contributed by atoms with Crippen LogP contribution in [0.5, 0.6) is 0 Å². The quantitative estimate of drug-likeness (QED) is 0.814. The van der Waals surface area contributed by atoms with E-state index in [1.807, 2.05) is 0 Å². The number of carboxylic acids is 2. The van der Waals surface area contributed by atoms with Crippen molar-refractivity contribution in [1.82, 2.24) is 4.90 Å². The van der Waals surface area contributed by atoms with Crippen molar-refractivity contribution in [3.8, 4) is 0 Å². The van der Waals surface area contributed by atoms with Crippen LogP contribution in [0.25, 0.3) is 0 Å². The summed E-state index contributed by atoms with van der Waals surface area (Å²) in [4.78, 5) is 34.5. The minimum absolute atomic E-state index is 0.102. The van der Waals surface area contributed by atoms with Crippen molar-refractivity contribution < 1.29 is 29.0 Å². The molecular formula is C13H14FNO5. The first-order valence-corrected chi connectivity index (χ1v) is 5.80. The Bertz CT molecular complexity index is 514. The van der Waals surface area contributed by atoms with Crippen molar-refractivity contribution in [2.24, 2.45) is 5.92 Å². The molecule has 0 spiro atoms. The molecule has 0 aliphatic rings. The SMILES string of the molecule is CC(CN(CC(=O)O)C(=O)c1ccc(F)cc1)C(=O)O. The van der Waals surface area contributed by atoms with E-state index >= 15 is 0 Å². The molecule has 0 fully saturated rings. The number of amides is 1. The van der Waals surface area contributed by atoms with Gasteiger partial charge in [-0.1, -0.05) is 6.92 Å². The number of carbonyl (C=O) groups excluding carboxylic acids is 1. The van der Waals surface area contributed by atoms with Gasteiger partial charge in [0.25, 0.3) is 5.91 Å². The highest BCUT2D eigenvalue weighted by molar-refractivity contribution is 5.96. The van der Waals surface area contributed by atoms with Crippen LogP contribution < -0.4 is 0 Å². The Morgan fingerprint density at radius 3 is 2.20 bits per heavy atom. The second kappa shape index (κ2) is 6.65. The Balaban J connectivity index is 2.91. The summed E-state index contributed by atoms with van der Waals surface area (Å²) in [7, 11) is 0. The van der Waals surface area contributed by atoms with Crippen molar-refractivity contribution in [3.05, 3.63) is 35.6 Å². The van der Waals surface area contributed by atoms with Crippen LogP contribution in [0.4, 0.5) is 4.39 Å². The number of nitrogens with zero attached hydrogens (tertiary/aromatic N) is 1. The monoisotopic (exact) mass is 283 g/mol. The van der Waals surface area contributed by atoms with Crippen LogP contribution in [0.15, 0.2) is 24.3 Å². The summed E-state index contributed by atoms with van der Waals surface area (Å²) < 4.78 is 12.8. The molecule has 1 atom stereocenters. The topological polar surface area (TPSA) is 94.9 Å². The molecule has 1 aromatic rings. The van der Waals surface area contributed by atoms with Crippen molar-refractivity contribution in [2.75, 3.05) is 13.1 Å². The zero-order valence-corrected chi connectivity index (χ0v) is 10.7. The predicted molar refractivity (Wildman–Crippen MR) is 66.7 cm³/mol. The van der Waals surface area contributed by atoms with Gasteiger partial charge in [0.15, 0.2) is 0 Å². The Morgan fingerprint density at radius 2 is 1.75 bits per heavy atom. The van der Waals surface area contributed by atoms with E-state index in [0.717, 1.165) is 17.0 Å². The summed E-state index contributed by atoms with van der Waals surface area (Å²) in [6.07, 6.45) is 0. The zero-order valence-electron chi connectivity index (χ0n) is 10.7. The average molecular weight is 283 g/mol. The normalized spacial score (nSPS) is 11.7. The molecule has 0 saturated heterocycles. The van der Waals surface area contributed by atoms with Crippen LogP contribution in [0, 0.1) is 11.7 Å². The summed E-state index contributed by atoms with van der Waals surface area (Å²) in [5, 5.41) is 17.6. The third kappa shape index (κ3) is 4.34. The highest BCUT2D eigenvalue weighted by Gasteiger charge is 2.23. The number of benzene rings is 1. The summed E-state index contributed by atoms with van der Waals surface area (Å²) in [5.41, 5.74) is 0.102. The molecule has 6 nitrogen and oxygen atoms in total. The molecule has 1 unspecified atom stereocenters. The van der Waals surface area contributed by atoms with Crippen LogP contribution in [-0.2, 0) is 9.59 Å². The smallest absolute Gasteiger partial charge is 0.323 e. The van der Waals surface area contributed by atoms with Gasteiger partial charge in [-0.3, -0.25) is 14.4 Å². The van der Waals surface area contributed by atoms with Gasteiger partial charge in [0.1, 0.15) is 12.4 Å². The number of aliphatic carboxylic acids is 2. The molecule has 0 bridgehead atoms. The third-order valence-electron chi connectivity index (χ3n) is 2.62. The number of halogens is 1. The van der Waals surface area contributed by atoms with E-state index in [1.54, 1.807) is 0 Å². The minimum atomic E-state index is -1.25. The van der Waals surface area contributed by atoms with Crippen LogP contribution >= 0.6 is 0 Å². The maximum absolute atomic E-state index is 12.8. The standard InChI is InChI=1S/C13H14FNO5/c1-8(13(19)20)6-15(7-11(16)17)12(18)9-2-4-10(14)5-3-9/h2-5,8H,6-7H2,1H3,(H,16,17)(H,19,20). The van der Waals surface area contributed by atoms with Gasteiger partial charge >= 0.3 is 11.9 Å². The molecule has 0 heterocycles. The van der Waals surface area contributed by atoms with Gasteiger partial charge in [-0.15, -0.1) is 0 Å². The fourth-order valence-corrected chi connectivity index (χ4v) is 1.57. The fourth-order valence-electron chi connectivity index (χ4n) is 1.57. The van der Waals surface area contributed by atoms with Gasteiger partial charge in [-0.2, -0.15) is 0 Å². The first-order valence-electron chi connectivity index (χ1n) is 5.80. The predicted octanol–water partition coefficient (Wildman–Crippen LogP) is 1.07. The molecule has 0 saturated carbocycles. The fraction of sp³-hybridized carbons (Fsp3) is 0.308. The molecule has 0 aliphatic carbocycles. The second-order valence-electron chi connectivity index (χ2n) is 4.33. The first kappa shape index (κ1) is 15.6. The van der Waals surface area contributed by atoms with Gasteiger partial charge < -0.3 is 15.1 Å². The number of hydrogen-bond acceptors (Lipinski definition) is 3. The average Bonchev–Trinajstić information content (AvgIpc) is 2.37. The van der Waals surface area contributed by atoms with Crippen LogP contribution in [-0.4, -0.2) is 46.0 Å². The van der Waals surface area contributed by atoms with E-state index in [4.69, 9.17) is 10.2 Å². The lowest BCUT2D eigenvalue weighted by molar-refractivity contribution is -0.143. The van der Waals surface area contributed by atoms with E-state index in [1.165, 1.54) is 19.1 Å². The summed E-state index contributed by atoms with van der Waals surface area (Å²) >= 11 is 0. The molecule has 20 heavy (non-hydrogen) atoms. The van der Waals surface area contributed by atoms with Crippen molar-refractivity contribution in [3.63, 3.8) is 0 Å². The van der Waals surface area contributed by atoms with Gasteiger partial charge in [0, 0.05) is 12.1 Å². The lowest BCUT2D eigenvalue weighted by atomic mass is 10.1. The van der Waals surface area contributed by atoms with Crippen LogP contribution in [0.1, 0.15) is 17.3 Å². The molecule has 108 valence electrons. The highest BCUT2D eigenvalue weighted by atomic mass is 19.1. The number of rotatable bonds is 6. The molecule has 1 aromatic carbocycles. The second-order valence-corrected chi connectivity index (χ2v) is 4.33. The molecule has 2 N–H and O–H groups in total. The Labute approximate surface area is 114 Å². The van der Waals surface area contributed by atoms with Gasteiger partial charge in [0.2, 0.25) is 0 Å². The Morgan fingerprint density at radius 1 is 1.20 bits per heavy atom. The van der Waals surface area contributed by atoms with Crippen LogP contribution in [0.3, 0.4) is 0 Å². The largest absolute Gasteiger partial charge is 0.481 e. The van der Waals surface area contributed by atoms with E-state index in [2.05, 4.69) is 0 Å². The van der Waals surface area contributed by atoms with Crippen LogP contribution in [0.2, 0.25) is 0 Å².